The highest BCUT2D eigenvalue weighted by Crippen LogP contribution is 2.12. The molecule has 1 aliphatic rings. The monoisotopic (exact) mass is 429 g/mol. The molecular formula is C21H24BrN3O2. The highest BCUT2D eigenvalue weighted by atomic mass is 79.9. The molecule has 1 aliphatic heterocycles. The summed E-state index contributed by atoms with van der Waals surface area (Å²) in [7, 11) is 0. The van der Waals surface area contributed by atoms with Gasteiger partial charge in [0.05, 0.1) is 6.42 Å². The molecule has 1 heterocycles. The molecule has 142 valence electrons. The van der Waals surface area contributed by atoms with Gasteiger partial charge in [-0.05, 0) is 30.2 Å². The number of nitrogens with zero attached hydrogens (tertiary/aromatic N) is 2. The third-order valence-electron chi connectivity index (χ3n) is 4.73. The molecule has 1 fully saturated rings. The molecule has 0 unspecified atom stereocenters. The number of carbonyl (C=O) groups excluding carboxylic acids is 2. The van der Waals surface area contributed by atoms with Gasteiger partial charge in [-0.25, -0.2) is 4.79 Å². The summed E-state index contributed by atoms with van der Waals surface area (Å²) in [6, 6.07) is 15.8. The van der Waals surface area contributed by atoms with Crippen molar-refractivity contribution in [3.8, 4) is 0 Å². The molecule has 2 aromatic rings. The van der Waals surface area contributed by atoms with E-state index in [9.17, 15) is 9.59 Å². The second kappa shape index (κ2) is 9.04. The predicted molar refractivity (Wildman–Crippen MR) is 109 cm³/mol. The first kappa shape index (κ1) is 19.4. The van der Waals surface area contributed by atoms with Crippen LogP contribution in [0.5, 0.6) is 0 Å². The van der Waals surface area contributed by atoms with Crippen molar-refractivity contribution >= 4 is 27.9 Å². The lowest BCUT2D eigenvalue weighted by atomic mass is 10.1. The van der Waals surface area contributed by atoms with Crippen LogP contribution in [-0.4, -0.2) is 47.9 Å². The number of hydrogen-bond donors (Lipinski definition) is 1. The smallest absolute Gasteiger partial charge is 0.317 e. The van der Waals surface area contributed by atoms with Crippen LogP contribution in [0.3, 0.4) is 0 Å². The molecule has 2 aromatic carbocycles. The molecule has 3 rings (SSSR count). The van der Waals surface area contributed by atoms with Crippen molar-refractivity contribution in [3.63, 3.8) is 0 Å². The van der Waals surface area contributed by atoms with Gasteiger partial charge in [0.1, 0.15) is 0 Å². The van der Waals surface area contributed by atoms with Crippen molar-refractivity contribution < 1.29 is 9.59 Å². The minimum Gasteiger partial charge on any atom is -0.339 e. The Morgan fingerprint density at radius 1 is 0.963 bits per heavy atom. The van der Waals surface area contributed by atoms with Crippen LogP contribution in [0.4, 0.5) is 4.79 Å². The van der Waals surface area contributed by atoms with Crippen LogP contribution < -0.4 is 5.32 Å². The van der Waals surface area contributed by atoms with Gasteiger partial charge >= 0.3 is 6.03 Å². The molecule has 5 nitrogen and oxygen atoms in total. The predicted octanol–water partition coefficient (Wildman–Crippen LogP) is 3.35. The average Bonchev–Trinajstić information content (AvgIpc) is 2.68. The number of urea groups is 1. The Kier molecular flexibility index (Phi) is 6.50. The number of nitrogens with one attached hydrogen (secondary N) is 1. The summed E-state index contributed by atoms with van der Waals surface area (Å²) in [4.78, 5) is 28.4. The van der Waals surface area contributed by atoms with E-state index in [1.165, 1.54) is 5.56 Å². The molecular weight excluding hydrogens is 406 g/mol. The molecule has 0 aliphatic carbocycles. The third-order valence-corrected chi connectivity index (χ3v) is 5.22. The average molecular weight is 430 g/mol. The van der Waals surface area contributed by atoms with Crippen LogP contribution >= 0.6 is 15.9 Å². The van der Waals surface area contributed by atoms with Crippen LogP contribution in [0.15, 0.2) is 53.0 Å². The molecule has 3 amide bonds. The molecule has 27 heavy (non-hydrogen) atoms. The molecule has 0 spiro atoms. The van der Waals surface area contributed by atoms with Gasteiger partial charge < -0.3 is 15.1 Å². The first-order valence-electron chi connectivity index (χ1n) is 9.12. The Morgan fingerprint density at radius 2 is 1.63 bits per heavy atom. The molecule has 6 heteroatoms. The number of piperazine rings is 1. The van der Waals surface area contributed by atoms with Gasteiger partial charge in [-0.1, -0.05) is 57.9 Å². The van der Waals surface area contributed by atoms with Gasteiger partial charge in [-0.3, -0.25) is 4.79 Å². The van der Waals surface area contributed by atoms with Crippen LogP contribution in [0.25, 0.3) is 0 Å². The van der Waals surface area contributed by atoms with Crippen molar-refractivity contribution in [2.45, 2.75) is 19.9 Å². The number of rotatable bonds is 4. The van der Waals surface area contributed by atoms with Crippen molar-refractivity contribution in [1.82, 2.24) is 15.1 Å². The number of halogens is 1. The van der Waals surface area contributed by atoms with Crippen LogP contribution in [0.2, 0.25) is 0 Å². The summed E-state index contributed by atoms with van der Waals surface area (Å²) < 4.78 is 0.995. The topological polar surface area (TPSA) is 52.7 Å². The van der Waals surface area contributed by atoms with Crippen molar-refractivity contribution in [2.24, 2.45) is 0 Å². The number of aryl methyl sites for hydroxylation is 1. The molecule has 0 saturated carbocycles. The van der Waals surface area contributed by atoms with Crippen molar-refractivity contribution in [1.29, 1.82) is 0 Å². The summed E-state index contributed by atoms with van der Waals surface area (Å²) in [6.45, 7) is 4.80. The summed E-state index contributed by atoms with van der Waals surface area (Å²) in [5.74, 6) is 0.119. The number of amides is 3. The number of benzene rings is 2. The summed E-state index contributed by atoms with van der Waals surface area (Å²) >= 11 is 3.43. The van der Waals surface area contributed by atoms with Gasteiger partial charge in [0.2, 0.25) is 5.91 Å². The Labute approximate surface area is 168 Å². The fraction of sp³-hybridized carbons (Fsp3) is 0.333. The highest BCUT2D eigenvalue weighted by Gasteiger charge is 2.23. The molecule has 0 aromatic heterocycles. The molecule has 1 saturated heterocycles. The van der Waals surface area contributed by atoms with E-state index in [0.29, 0.717) is 39.1 Å². The zero-order chi connectivity index (χ0) is 19.2. The van der Waals surface area contributed by atoms with Crippen LogP contribution in [0, 0.1) is 6.92 Å². The second-order valence-electron chi connectivity index (χ2n) is 6.82. The van der Waals surface area contributed by atoms with E-state index in [-0.39, 0.29) is 11.9 Å². The van der Waals surface area contributed by atoms with E-state index >= 15 is 0 Å². The van der Waals surface area contributed by atoms with Gasteiger partial charge in [-0.2, -0.15) is 0 Å². The van der Waals surface area contributed by atoms with E-state index in [1.54, 1.807) is 4.90 Å². The Hall–Kier alpha value is -2.34. The zero-order valence-corrected chi connectivity index (χ0v) is 17.0. The molecule has 0 radical (unpaired) electrons. The minimum absolute atomic E-state index is 0.0828. The van der Waals surface area contributed by atoms with Gasteiger partial charge in [-0.15, -0.1) is 0 Å². The van der Waals surface area contributed by atoms with Crippen LogP contribution in [-0.2, 0) is 17.8 Å². The van der Waals surface area contributed by atoms with E-state index in [4.69, 9.17) is 0 Å². The zero-order valence-electron chi connectivity index (χ0n) is 15.5. The molecule has 0 atom stereocenters. The van der Waals surface area contributed by atoms with E-state index in [2.05, 4.69) is 21.2 Å². The highest BCUT2D eigenvalue weighted by molar-refractivity contribution is 9.10. The van der Waals surface area contributed by atoms with E-state index in [1.807, 2.05) is 60.4 Å². The Morgan fingerprint density at radius 3 is 2.30 bits per heavy atom. The first-order valence-corrected chi connectivity index (χ1v) is 9.91. The summed E-state index contributed by atoms with van der Waals surface area (Å²) in [6.07, 6.45) is 0.412. The maximum Gasteiger partial charge on any atom is 0.317 e. The van der Waals surface area contributed by atoms with Gasteiger partial charge in [0.15, 0.2) is 0 Å². The Balaban J connectivity index is 1.44. The largest absolute Gasteiger partial charge is 0.339 e. The fourth-order valence-corrected chi connectivity index (χ4v) is 3.53. The Bertz CT molecular complexity index is 799. The van der Waals surface area contributed by atoms with Crippen molar-refractivity contribution in [3.05, 3.63) is 69.7 Å². The lowest BCUT2D eigenvalue weighted by Crippen LogP contribution is -2.53. The van der Waals surface area contributed by atoms with Gasteiger partial charge in [0.25, 0.3) is 0 Å². The summed E-state index contributed by atoms with van der Waals surface area (Å²) in [5, 5.41) is 2.95. The summed E-state index contributed by atoms with van der Waals surface area (Å²) in [5.41, 5.74) is 3.26. The maximum atomic E-state index is 12.5. The normalized spacial score (nSPS) is 14.1. The lowest BCUT2D eigenvalue weighted by molar-refractivity contribution is -0.131. The third kappa shape index (κ3) is 5.57. The fourth-order valence-electron chi connectivity index (χ4n) is 3.09. The molecule has 1 N–H and O–H groups in total. The number of carbonyl (C=O) groups is 2. The second-order valence-corrected chi connectivity index (χ2v) is 7.73. The quantitative estimate of drug-likeness (QED) is 0.809. The van der Waals surface area contributed by atoms with E-state index < -0.39 is 0 Å². The van der Waals surface area contributed by atoms with E-state index in [0.717, 1.165) is 15.6 Å². The van der Waals surface area contributed by atoms with Crippen molar-refractivity contribution in [2.75, 3.05) is 26.2 Å². The lowest BCUT2D eigenvalue weighted by Gasteiger charge is -2.34. The SMILES string of the molecule is Cc1ccc(CC(=O)N2CCN(C(=O)NCc3cccc(Br)c3)CC2)cc1. The minimum atomic E-state index is -0.0828. The van der Waals surface area contributed by atoms with Crippen LogP contribution in [0.1, 0.15) is 16.7 Å². The maximum absolute atomic E-state index is 12.5. The number of hydrogen-bond acceptors (Lipinski definition) is 2. The first-order chi connectivity index (χ1) is 13.0. The van der Waals surface area contributed by atoms with Gasteiger partial charge in [0, 0.05) is 37.2 Å². The molecule has 0 bridgehead atoms. The standard InChI is InChI=1S/C21H24BrN3O2/c1-16-5-7-17(8-6-16)14-20(26)24-9-11-25(12-10-24)21(27)23-15-18-3-2-4-19(22)13-18/h2-8,13H,9-12,14-15H2,1H3,(H,23,27).